The van der Waals surface area contributed by atoms with E-state index in [1.165, 1.54) is 0 Å². The first-order valence-corrected chi connectivity index (χ1v) is 9.97. The van der Waals surface area contributed by atoms with Crippen molar-refractivity contribution in [3.8, 4) is 0 Å². The fraction of sp³-hybridized carbons (Fsp3) is 0.600. The van der Waals surface area contributed by atoms with Gasteiger partial charge in [0.2, 0.25) is 0 Å². The molecule has 2 aliphatic heterocycles. The predicted molar refractivity (Wildman–Crippen MR) is 110 cm³/mol. The van der Waals surface area contributed by atoms with Crippen molar-refractivity contribution in [3.05, 3.63) is 17.8 Å². The molecule has 4 rings (SSSR count). The summed E-state index contributed by atoms with van der Waals surface area (Å²) in [5.41, 5.74) is 2.05. The minimum absolute atomic E-state index is 0.337. The Morgan fingerprint density at radius 1 is 1.14 bits per heavy atom. The minimum atomic E-state index is -0.522. The Kier molecular flexibility index (Phi) is 4.94. The highest BCUT2D eigenvalue weighted by atomic mass is 16.6. The van der Waals surface area contributed by atoms with E-state index < -0.39 is 5.60 Å². The Morgan fingerprint density at radius 2 is 1.86 bits per heavy atom. The van der Waals surface area contributed by atoms with Gasteiger partial charge in [-0.3, -0.25) is 4.90 Å². The Morgan fingerprint density at radius 3 is 2.55 bits per heavy atom. The fourth-order valence-electron chi connectivity index (χ4n) is 3.63. The molecule has 0 atom stereocenters. The van der Waals surface area contributed by atoms with E-state index in [9.17, 15) is 4.79 Å². The molecule has 156 valence electrons. The number of hydrogen-bond acceptors (Lipinski definition) is 7. The maximum absolute atomic E-state index is 12.4. The molecule has 0 spiro atoms. The lowest BCUT2D eigenvalue weighted by Crippen LogP contribution is -2.37. The molecule has 2 aliphatic rings. The van der Waals surface area contributed by atoms with Gasteiger partial charge in [-0.1, -0.05) is 0 Å². The molecule has 9 heteroatoms. The monoisotopic (exact) mass is 400 g/mol. The average Bonchev–Trinajstić information content (AvgIpc) is 3.26. The number of fused-ring (bicyclic) bond motifs is 1. The highest BCUT2D eigenvalue weighted by Gasteiger charge is 2.28. The standard InChI is InChI=1S/C20H28N6O3/c1-13-21-17-15(18(22-13)25-8-10-28-11-9-25)23-16(24(17)5)14-6-7-26(12-14)19(27)29-20(2,3)4/h12H,6-11H2,1-5H3. The van der Waals surface area contributed by atoms with Crippen LogP contribution in [-0.4, -0.2) is 69.0 Å². The molecule has 0 aliphatic carbocycles. The summed E-state index contributed by atoms with van der Waals surface area (Å²) in [5, 5.41) is 0. The van der Waals surface area contributed by atoms with E-state index in [1.807, 2.05) is 45.5 Å². The molecule has 0 radical (unpaired) electrons. The van der Waals surface area contributed by atoms with Crippen LogP contribution in [0.3, 0.4) is 0 Å². The predicted octanol–water partition coefficient (Wildman–Crippen LogP) is 2.49. The van der Waals surface area contributed by atoms with Crippen molar-refractivity contribution in [1.29, 1.82) is 0 Å². The second kappa shape index (κ2) is 7.29. The first-order chi connectivity index (χ1) is 13.7. The van der Waals surface area contributed by atoms with Gasteiger partial charge < -0.3 is 18.9 Å². The zero-order valence-corrected chi connectivity index (χ0v) is 17.7. The van der Waals surface area contributed by atoms with Gasteiger partial charge in [-0.05, 0) is 34.1 Å². The normalized spacial score (nSPS) is 17.8. The quantitative estimate of drug-likeness (QED) is 0.765. The first-order valence-electron chi connectivity index (χ1n) is 9.97. The molecule has 0 saturated carbocycles. The lowest BCUT2D eigenvalue weighted by atomic mass is 10.2. The second-order valence-electron chi connectivity index (χ2n) is 8.44. The summed E-state index contributed by atoms with van der Waals surface area (Å²) in [7, 11) is 1.96. The fourth-order valence-corrected chi connectivity index (χ4v) is 3.63. The molecule has 9 nitrogen and oxygen atoms in total. The number of aromatic nitrogens is 4. The van der Waals surface area contributed by atoms with E-state index in [0.717, 1.165) is 47.9 Å². The van der Waals surface area contributed by atoms with E-state index in [2.05, 4.69) is 14.9 Å². The van der Waals surface area contributed by atoms with Crippen LogP contribution >= 0.6 is 0 Å². The number of anilines is 1. The number of rotatable bonds is 2. The number of aryl methyl sites for hydroxylation is 2. The summed E-state index contributed by atoms with van der Waals surface area (Å²) in [6.45, 7) is 11.0. The molecule has 1 amide bonds. The molecule has 1 saturated heterocycles. The van der Waals surface area contributed by atoms with Crippen LogP contribution in [0.25, 0.3) is 16.7 Å². The average molecular weight is 400 g/mol. The zero-order valence-electron chi connectivity index (χ0n) is 17.7. The van der Waals surface area contributed by atoms with Gasteiger partial charge in [0.25, 0.3) is 0 Å². The largest absolute Gasteiger partial charge is 0.443 e. The van der Waals surface area contributed by atoms with Gasteiger partial charge in [-0.2, -0.15) is 0 Å². The van der Waals surface area contributed by atoms with Gasteiger partial charge in [-0.25, -0.2) is 19.7 Å². The Balaban J connectivity index is 1.69. The molecule has 1 fully saturated rings. The van der Waals surface area contributed by atoms with Gasteiger partial charge >= 0.3 is 6.09 Å². The number of hydrogen-bond donors (Lipinski definition) is 0. The van der Waals surface area contributed by atoms with Crippen LogP contribution in [-0.2, 0) is 16.5 Å². The lowest BCUT2D eigenvalue weighted by Gasteiger charge is -2.27. The molecule has 0 bridgehead atoms. The molecule has 0 aromatic carbocycles. The summed E-state index contributed by atoms with van der Waals surface area (Å²) >= 11 is 0. The number of imidazole rings is 1. The van der Waals surface area contributed by atoms with Crippen LogP contribution < -0.4 is 4.90 Å². The maximum atomic E-state index is 12.4. The summed E-state index contributed by atoms with van der Waals surface area (Å²) in [5.74, 6) is 2.37. The SMILES string of the molecule is Cc1nc(N2CCOCC2)c2nc(C3=CN(C(=O)OC(C)(C)C)CC3)n(C)c2n1. The van der Waals surface area contributed by atoms with Crippen molar-refractivity contribution in [2.45, 2.75) is 39.7 Å². The van der Waals surface area contributed by atoms with Crippen molar-refractivity contribution >= 4 is 28.6 Å². The van der Waals surface area contributed by atoms with Crippen molar-refractivity contribution in [2.24, 2.45) is 7.05 Å². The topological polar surface area (TPSA) is 85.6 Å². The third-order valence-corrected chi connectivity index (χ3v) is 4.97. The van der Waals surface area contributed by atoms with Gasteiger partial charge in [0, 0.05) is 38.5 Å². The number of ether oxygens (including phenoxy) is 2. The van der Waals surface area contributed by atoms with Gasteiger partial charge in [-0.15, -0.1) is 0 Å². The van der Waals surface area contributed by atoms with E-state index in [4.69, 9.17) is 14.5 Å². The van der Waals surface area contributed by atoms with Crippen molar-refractivity contribution in [3.63, 3.8) is 0 Å². The molecular formula is C20H28N6O3. The molecule has 29 heavy (non-hydrogen) atoms. The number of carbonyl (C=O) groups excluding carboxylic acids is 1. The third kappa shape index (κ3) is 3.91. The van der Waals surface area contributed by atoms with Crippen molar-refractivity contribution in [2.75, 3.05) is 37.7 Å². The van der Waals surface area contributed by atoms with Crippen LogP contribution in [0.4, 0.5) is 10.6 Å². The van der Waals surface area contributed by atoms with Gasteiger partial charge in [0.15, 0.2) is 17.0 Å². The highest BCUT2D eigenvalue weighted by molar-refractivity contribution is 5.87. The molecule has 0 N–H and O–H groups in total. The summed E-state index contributed by atoms with van der Waals surface area (Å²) in [6.07, 6.45) is 2.22. The van der Waals surface area contributed by atoms with E-state index in [1.54, 1.807) is 4.90 Å². The number of amides is 1. The van der Waals surface area contributed by atoms with Gasteiger partial charge in [0.1, 0.15) is 17.2 Å². The van der Waals surface area contributed by atoms with E-state index in [-0.39, 0.29) is 6.09 Å². The second-order valence-corrected chi connectivity index (χ2v) is 8.44. The van der Waals surface area contributed by atoms with Crippen molar-refractivity contribution < 1.29 is 14.3 Å². The molecule has 2 aromatic rings. The third-order valence-electron chi connectivity index (χ3n) is 4.97. The van der Waals surface area contributed by atoms with Crippen LogP contribution in [0.2, 0.25) is 0 Å². The smallest absolute Gasteiger partial charge is 0.414 e. The summed E-state index contributed by atoms with van der Waals surface area (Å²) in [6, 6.07) is 0. The van der Waals surface area contributed by atoms with E-state index >= 15 is 0 Å². The highest BCUT2D eigenvalue weighted by Crippen LogP contribution is 2.31. The van der Waals surface area contributed by atoms with Crippen LogP contribution in [0.15, 0.2) is 6.20 Å². The molecule has 2 aromatic heterocycles. The van der Waals surface area contributed by atoms with Crippen LogP contribution in [0.1, 0.15) is 38.8 Å². The first kappa shape index (κ1) is 19.6. The summed E-state index contributed by atoms with van der Waals surface area (Å²) < 4.78 is 12.9. The van der Waals surface area contributed by atoms with Crippen LogP contribution in [0.5, 0.6) is 0 Å². The Bertz CT molecular complexity index is 969. The lowest BCUT2D eigenvalue weighted by molar-refractivity contribution is 0.0349. The number of carbonyl (C=O) groups is 1. The maximum Gasteiger partial charge on any atom is 0.414 e. The molecule has 4 heterocycles. The minimum Gasteiger partial charge on any atom is -0.443 e. The van der Waals surface area contributed by atoms with E-state index in [0.29, 0.717) is 25.6 Å². The Hall–Kier alpha value is -2.68. The molecular weight excluding hydrogens is 372 g/mol. The van der Waals surface area contributed by atoms with Gasteiger partial charge in [0.05, 0.1) is 13.2 Å². The molecule has 0 unspecified atom stereocenters. The number of nitrogens with zero attached hydrogens (tertiary/aromatic N) is 6. The number of morpholine rings is 1. The Labute approximate surface area is 170 Å². The zero-order chi connectivity index (χ0) is 20.8. The summed E-state index contributed by atoms with van der Waals surface area (Å²) in [4.78, 5) is 30.4. The van der Waals surface area contributed by atoms with Crippen LogP contribution in [0, 0.1) is 6.92 Å². The van der Waals surface area contributed by atoms with Crippen molar-refractivity contribution in [1.82, 2.24) is 24.4 Å².